The third-order valence-corrected chi connectivity index (χ3v) is 8.85. The maximum atomic E-state index is 14.0. The van der Waals surface area contributed by atoms with Gasteiger partial charge in [-0.15, -0.1) is 0 Å². The van der Waals surface area contributed by atoms with Crippen LogP contribution in [0.15, 0.2) is 60.7 Å². The van der Waals surface area contributed by atoms with Crippen LogP contribution in [0.1, 0.15) is 52.0 Å². The van der Waals surface area contributed by atoms with E-state index in [2.05, 4.69) is 35.7 Å². The maximum Gasteiger partial charge on any atom is 0.258 e. The van der Waals surface area contributed by atoms with Crippen LogP contribution in [0, 0.1) is 11.2 Å². The van der Waals surface area contributed by atoms with Crippen LogP contribution in [0.25, 0.3) is 0 Å². The molecule has 5 rings (SSSR count). The molecule has 1 aliphatic heterocycles. The molecule has 1 heterocycles. The molecule has 3 aromatic rings. The lowest BCUT2D eigenvalue weighted by Gasteiger charge is -2.28. The highest BCUT2D eigenvalue weighted by Crippen LogP contribution is 2.47. The topological polar surface area (TPSA) is 73.9 Å². The van der Waals surface area contributed by atoms with E-state index in [1.165, 1.54) is 24.8 Å². The Morgan fingerprint density at radius 3 is 2.71 bits per heavy atom. The van der Waals surface area contributed by atoms with Crippen molar-refractivity contribution < 1.29 is 18.7 Å². The molecule has 0 radical (unpaired) electrons. The van der Waals surface area contributed by atoms with Crippen LogP contribution in [-0.4, -0.2) is 63.6 Å². The van der Waals surface area contributed by atoms with Crippen LogP contribution in [-0.2, 0) is 6.42 Å². The van der Waals surface area contributed by atoms with E-state index in [1.807, 2.05) is 23.1 Å². The number of likely N-dealkylation sites (N-methyl/N-ethyl adjacent to an activating group) is 1. The molecule has 9 heteroatoms. The Labute approximate surface area is 252 Å². The molecule has 2 amide bonds. The van der Waals surface area contributed by atoms with E-state index < -0.39 is 11.7 Å². The number of rotatable bonds is 8. The van der Waals surface area contributed by atoms with Gasteiger partial charge in [-0.3, -0.25) is 9.59 Å². The molecule has 2 N–H and O–H groups in total. The number of benzene rings is 3. The van der Waals surface area contributed by atoms with E-state index in [1.54, 1.807) is 18.2 Å². The predicted octanol–water partition coefficient (Wildman–Crippen LogP) is 6.02. The average Bonchev–Trinajstić information content (AvgIpc) is 3.29. The van der Waals surface area contributed by atoms with Crippen molar-refractivity contribution in [3.05, 3.63) is 88.2 Å². The fourth-order valence-corrected chi connectivity index (χ4v) is 6.51. The van der Waals surface area contributed by atoms with E-state index in [9.17, 15) is 14.0 Å². The number of ether oxygens (including phenoxy) is 1. The number of para-hydroxylation sites is 1. The second-order valence-corrected chi connectivity index (χ2v) is 12.1. The molecular formula is C33H38ClFN4O3. The molecule has 0 aromatic heterocycles. The minimum absolute atomic E-state index is 0.0102. The fourth-order valence-electron chi connectivity index (χ4n) is 6.30. The Morgan fingerprint density at radius 2 is 1.93 bits per heavy atom. The number of amides is 2. The lowest BCUT2D eigenvalue weighted by molar-refractivity contribution is 0.0982. The number of methoxy groups -OCH3 is 1. The number of nitrogens with one attached hydrogen (secondary N) is 2. The number of carbonyl (C=O) groups is 2. The molecule has 1 fully saturated rings. The van der Waals surface area contributed by atoms with Crippen LogP contribution >= 0.6 is 11.6 Å². The fraction of sp³-hybridized carbons (Fsp3) is 0.394. The number of anilines is 2. The molecule has 222 valence electrons. The summed E-state index contributed by atoms with van der Waals surface area (Å²) in [4.78, 5) is 30.9. The Hall–Kier alpha value is -3.46. The first-order valence-corrected chi connectivity index (χ1v) is 14.8. The summed E-state index contributed by atoms with van der Waals surface area (Å²) in [6.07, 6.45) is 5.28. The van der Waals surface area contributed by atoms with Crippen LogP contribution in [0.2, 0.25) is 5.02 Å². The molecular weight excluding hydrogens is 555 g/mol. The molecule has 2 atom stereocenters. The molecule has 1 saturated carbocycles. The number of hydrogen-bond acceptors (Lipinski definition) is 5. The highest BCUT2D eigenvalue weighted by Gasteiger charge is 2.42. The molecule has 0 saturated heterocycles. The molecule has 42 heavy (non-hydrogen) atoms. The summed E-state index contributed by atoms with van der Waals surface area (Å²) in [5.41, 5.74) is 3.12. The summed E-state index contributed by atoms with van der Waals surface area (Å²) in [5, 5.41) is 6.61. The lowest BCUT2D eigenvalue weighted by Crippen LogP contribution is -2.35. The van der Waals surface area contributed by atoms with E-state index >= 15 is 0 Å². The van der Waals surface area contributed by atoms with Crippen molar-refractivity contribution in [3.63, 3.8) is 0 Å². The number of carbonyl (C=O) groups excluding carboxylic acids is 2. The number of halogens is 2. The number of hydrogen-bond donors (Lipinski definition) is 2. The molecule has 3 aromatic carbocycles. The van der Waals surface area contributed by atoms with Gasteiger partial charge < -0.3 is 25.2 Å². The van der Waals surface area contributed by atoms with Crippen molar-refractivity contribution in [1.82, 2.24) is 10.2 Å². The summed E-state index contributed by atoms with van der Waals surface area (Å²) in [7, 11) is 5.66. The third kappa shape index (κ3) is 6.61. The van der Waals surface area contributed by atoms with Crippen LogP contribution < -0.4 is 20.3 Å². The highest BCUT2D eigenvalue weighted by molar-refractivity contribution is 6.34. The quantitative estimate of drug-likeness (QED) is 0.334. The first kappa shape index (κ1) is 30.0. The molecule has 1 unspecified atom stereocenters. The zero-order valence-electron chi connectivity index (χ0n) is 24.4. The SMILES string of the molecule is COc1cc(C(=O)N2CC[C@@]3(CCC(NCCN(C)C)C3)Cc3ccccc32)ccc1NC(=O)c1cc(F)ccc1Cl. The van der Waals surface area contributed by atoms with E-state index in [-0.39, 0.29) is 21.9 Å². The first-order chi connectivity index (χ1) is 20.2. The van der Waals surface area contributed by atoms with Gasteiger partial charge in [0, 0.05) is 36.9 Å². The number of fused-ring (bicyclic) bond motifs is 1. The van der Waals surface area contributed by atoms with Gasteiger partial charge in [0.25, 0.3) is 11.8 Å². The Kier molecular flexibility index (Phi) is 9.16. The van der Waals surface area contributed by atoms with Gasteiger partial charge in [0.1, 0.15) is 11.6 Å². The summed E-state index contributed by atoms with van der Waals surface area (Å²) < 4.78 is 19.3. The van der Waals surface area contributed by atoms with Crippen molar-refractivity contribution in [2.45, 2.75) is 38.1 Å². The average molecular weight is 593 g/mol. The van der Waals surface area contributed by atoms with E-state index in [0.717, 1.165) is 56.9 Å². The zero-order chi connectivity index (χ0) is 29.9. The third-order valence-electron chi connectivity index (χ3n) is 8.52. The predicted molar refractivity (Wildman–Crippen MR) is 165 cm³/mol. The second-order valence-electron chi connectivity index (χ2n) is 11.7. The minimum atomic E-state index is -0.574. The number of nitrogens with zero attached hydrogens (tertiary/aromatic N) is 2. The Morgan fingerprint density at radius 1 is 1.12 bits per heavy atom. The van der Waals surface area contributed by atoms with Crippen molar-refractivity contribution in [1.29, 1.82) is 0 Å². The second kappa shape index (κ2) is 12.8. The monoisotopic (exact) mass is 592 g/mol. The largest absolute Gasteiger partial charge is 0.495 e. The highest BCUT2D eigenvalue weighted by atomic mass is 35.5. The van der Waals surface area contributed by atoms with Crippen molar-refractivity contribution in [2.75, 3.05) is 51.1 Å². The van der Waals surface area contributed by atoms with Crippen LogP contribution in [0.5, 0.6) is 5.75 Å². The van der Waals surface area contributed by atoms with Crippen LogP contribution in [0.4, 0.5) is 15.8 Å². The molecule has 1 aliphatic carbocycles. The maximum absolute atomic E-state index is 14.0. The molecule has 7 nitrogen and oxygen atoms in total. The van der Waals surface area contributed by atoms with Gasteiger partial charge in [-0.25, -0.2) is 4.39 Å². The standard InChI is InChI=1S/C33H38ClFN4O3/c1-38(2)17-15-36-25-12-13-33(21-25)14-16-39(29-7-5-4-6-23(29)20-33)32(41)22-8-11-28(30(18-22)42-3)37-31(40)26-19-24(35)9-10-27(26)34/h4-11,18-19,25,36H,12-17,20-21H2,1-3H3,(H,37,40)/t25?,33-/m0/s1. The Bertz CT molecular complexity index is 1460. The molecule has 0 bridgehead atoms. The van der Waals surface area contributed by atoms with Crippen molar-refractivity contribution in [3.8, 4) is 5.75 Å². The molecule has 1 spiro atoms. The zero-order valence-corrected chi connectivity index (χ0v) is 25.1. The van der Waals surface area contributed by atoms with Crippen molar-refractivity contribution >= 4 is 34.8 Å². The van der Waals surface area contributed by atoms with Gasteiger partial charge in [-0.1, -0.05) is 29.8 Å². The first-order valence-electron chi connectivity index (χ1n) is 14.4. The molecule has 2 aliphatic rings. The van der Waals surface area contributed by atoms with Crippen molar-refractivity contribution in [2.24, 2.45) is 5.41 Å². The van der Waals surface area contributed by atoms with Gasteiger partial charge in [-0.2, -0.15) is 0 Å². The van der Waals surface area contributed by atoms with E-state index in [0.29, 0.717) is 29.6 Å². The van der Waals surface area contributed by atoms with Gasteiger partial charge in [0.15, 0.2) is 0 Å². The van der Waals surface area contributed by atoms with Gasteiger partial charge >= 0.3 is 0 Å². The summed E-state index contributed by atoms with van der Waals surface area (Å²) in [5.74, 6) is -0.938. The van der Waals surface area contributed by atoms with Gasteiger partial charge in [0.2, 0.25) is 0 Å². The van der Waals surface area contributed by atoms with E-state index in [4.69, 9.17) is 16.3 Å². The Balaban J connectivity index is 1.34. The summed E-state index contributed by atoms with van der Waals surface area (Å²) in [6, 6.07) is 17.2. The smallest absolute Gasteiger partial charge is 0.258 e. The normalized spacial score (nSPS) is 20.0. The summed E-state index contributed by atoms with van der Waals surface area (Å²) >= 11 is 6.11. The minimum Gasteiger partial charge on any atom is -0.495 e. The van der Waals surface area contributed by atoms with Gasteiger partial charge in [-0.05, 0) is 99.6 Å². The van der Waals surface area contributed by atoms with Crippen LogP contribution in [0.3, 0.4) is 0 Å². The summed E-state index contributed by atoms with van der Waals surface area (Å²) in [6.45, 7) is 2.61. The van der Waals surface area contributed by atoms with Gasteiger partial charge in [0.05, 0.1) is 23.4 Å². The lowest BCUT2D eigenvalue weighted by atomic mass is 9.77.